The van der Waals surface area contributed by atoms with E-state index in [-0.39, 0.29) is 11.6 Å². The fraction of sp³-hybridized carbons (Fsp3) is 0.333. The smallest absolute Gasteiger partial charge is 0.277 e. The number of ketones is 2. The van der Waals surface area contributed by atoms with Crippen molar-refractivity contribution >= 4 is 23.3 Å². The molecule has 2 aromatic heterocycles. The topological polar surface area (TPSA) is 98.1 Å². The monoisotopic (exact) mass is 413 g/mol. The van der Waals surface area contributed by atoms with E-state index in [1.54, 1.807) is 20.8 Å². The van der Waals surface area contributed by atoms with Gasteiger partial charge in [-0.05, 0) is 64.4 Å². The van der Waals surface area contributed by atoms with Crippen LogP contribution in [0.2, 0.25) is 0 Å². The Morgan fingerprint density at radius 2 is 1.90 bits per heavy atom. The molecule has 0 spiro atoms. The van der Waals surface area contributed by atoms with Crippen LogP contribution in [0, 0.1) is 13.8 Å². The maximum Gasteiger partial charge on any atom is 0.277 e. The molecule has 0 saturated heterocycles. The summed E-state index contributed by atoms with van der Waals surface area (Å²) >= 11 is 1.19. The first-order valence-electron chi connectivity index (χ1n) is 9.29. The zero-order valence-electron chi connectivity index (χ0n) is 17.0. The van der Waals surface area contributed by atoms with E-state index >= 15 is 0 Å². The van der Waals surface area contributed by atoms with Gasteiger partial charge in [0.25, 0.3) is 5.22 Å². The van der Waals surface area contributed by atoms with Crippen LogP contribution >= 0.6 is 11.8 Å². The Bertz CT molecular complexity index is 1040. The molecule has 8 heteroatoms. The molecule has 1 aromatic carbocycles. The Morgan fingerprint density at radius 1 is 1.21 bits per heavy atom. The number of ether oxygens (including phenoxy) is 1. The molecule has 0 aliphatic carbocycles. The summed E-state index contributed by atoms with van der Waals surface area (Å²) in [6.45, 7) is 9.36. The lowest BCUT2D eigenvalue weighted by Gasteiger charge is -2.07. The Kier molecular flexibility index (Phi) is 6.22. The molecule has 0 fully saturated rings. The third-order valence-electron chi connectivity index (χ3n) is 4.50. The van der Waals surface area contributed by atoms with Crippen molar-refractivity contribution in [1.82, 2.24) is 15.2 Å². The highest BCUT2D eigenvalue weighted by Gasteiger charge is 2.25. The van der Waals surface area contributed by atoms with Gasteiger partial charge in [0.1, 0.15) is 5.75 Å². The molecule has 29 heavy (non-hydrogen) atoms. The predicted octanol–water partition coefficient (Wildman–Crippen LogP) is 4.65. The Labute approximate surface area is 173 Å². The lowest BCUT2D eigenvalue weighted by atomic mass is 10.0. The summed E-state index contributed by atoms with van der Waals surface area (Å²) in [6, 6.07) is 7.36. The van der Waals surface area contributed by atoms with Crippen molar-refractivity contribution in [2.45, 2.75) is 45.1 Å². The van der Waals surface area contributed by atoms with Gasteiger partial charge in [-0.15, -0.1) is 10.2 Å². The molecule has 3 rings (SSSR count). The maximum atomic E-state index is 12.9. The number of carbonyl (C=O) groups excluding carboxylic acids is 2. The number of aryl methyl sites for hydroxylation is 1. The zero-order chi connectivity index (χ0) is 21.1. The molecule has 0 aliphatic heterocycles. The lowest BCUT2D eigenvalue weighted by molar-refractivity contribution is 0.0988. The molecule has 0 saturated carbocycles. The molecule has 0 unspecified atom stereocenters. The second kappa shape index (κ2) is 8.65. The van der Waals surface area contributed by atoms with E-state index in [1.807, 2.05) is 31.2 Å². The SMILES string of the molecule is CCOc1ccc(-c2nnc(S[C@H](C)C(=O)c3[nH]c(C)c(C(C)=O)c3C)o2)cc1. The van der Waals surface area contributed by atoms with Gasteiger partial charge in [0.2, 0.25) is 5.89 Å². The summed E-state index contributed by atoms with van der Waals surface area (Å²) in [5.74, 6) is 0.962. The van der Waals surface area contributed by atoms with Crippen molar-refractivity contribution in [2.75, 3.05) is 6.61 Å². The van der Waals surface area contributed by atoms with Crippen molar-refractivity contribution in [3.05, 3.63) is 46.8 Å². The van der Waals surface area contributed by atoms with Gasteiger partial charge in [-0.2, -0.15) is 0 Å². The molecule has 0 amide bonds. The average molecular weight is 413 g/mol. The molecule has 1 N–H and O–H groups in total. The highest BCUT2D eigenvalue weighted by atomic mass is 32.2. The van der Waals surface area contributed by atoms with E-state index in [2.05, 4.69) is 15.2 Å². The summed E-state index contributed by atoms with van der Waals surface area (Å²) in [6.07, 6.45) is 0. The number of hydrogen-bond acceptors (Lipinski definition) is 7. The van der Waals surface area contributed by atoms with E-state index in [9.17, 15) is 9.59 Å². The molecule has 3 aromatic rings. The zero-order valence-corrected chi connectivity index (χ0v) is 17.8. The van der Waals surface area contributed by atoms with Crippen molar-refractivity contribution in [3.63, 3.8) is 0 Å². The van der Waals surface area contributed by atoms with Gasteiger partial charge in [-0.1, -0.05) is 11.8 Å². The summed E-state index contributed by atoms with van der Waals surface area (Å²) in [5, 5.41) is 7.95. The fourth-order valence-electron chi connectivity index (χ4n) is 3.17. The van der Waals surface area contributed by atoms with Gasteiger partial charge in [0.15, 0.2) is 11.6 Å². The van der Waals surface area contributed by atoms with Crippen LogP contribution in [0.15, 0.2) is 33.9 Å². The van der Waals surface area contributed by atoms with E-state index in [4.69, 9.17) is 9.15 Å². The van der Waals surface area contributed by atoms with Gasteiger partial charge in [-0.25, -0.2) is 0 Å². The number of nitrogens with one attached hydrogen (secondary N) is 1. The third kappa shape index (κ3) is 4.42. The van der Waals surface area contributed by atoms with Crippen molar-refractivity contribution in [3.8, 4) is 17.2 Å². The molecular formula is C21H23N3O4S. The van der Waals surface area contributed by atoms with Gasteiger partial charge in [-0.3, -0.25) is 9.59 Å². The molecule has 7 nitrogen and oxygen atoms in total. The molecule has 1 atom stereocenters. The fourth-order valence-corrected chi connectivity index (χ4v) is 3.91. The summed E-state index contributed by atoms with van der Waals surface area (Å²) in [5.41, 5.74) is 3.16. The van der Waals surface area contributed by atoms with Crippen LogP contribution in [0.4, 0.5) is 0 Å². The third-order valence-corrected chi connectivity index (χ3v) is 5.44. The summed E-state index contributed by atoms with van der Waals surface area (Å²) < 4.78 is 11.1. The van der Waals surface area contributed by atoms with Crippen LogP contribution in [-0.4, -0.2) is 38.6 Å². The molecular weight excluding hydrogens is 390 g/mol. The Morgan fingerprint density at radius 3 is 2.48 bits per heavy atom. The molecule has 0 radical (unpaired) electrons. The highest BCUT2D eigenvalue weighted by molar-refractivity contribution is 8.00. The number of carbonyl (C=O) groups is 2. The maximum absolute atomic E-state index is 12.9. The number of aromatic nitrogens is 3. The van der Waals surface area contributed by atoms with Crippen LogP contribution in [0.5, 0.6) is 5.75 Å². The first-order valence-corrected chi connectivity index (χ1v) is 10.2. The minimum atomic E-state index is -0.458. The van der Waals surface area contributed by atoms with Crippen LogP contribution in [0.3, 0.4) is 0 Å². The standard InChI is InChI=1S/C21H23N3O4S/c1-6-27-16-9-7-15(8-10-16)20-23-24-21(28-20)29-14(5)19(26)18-11(2)17(13(4)25)12(3)22-18/h7-10,14,22H,6H2,1-5H3/t14-/m1/s1. The van der Waals surface area contributed by atoms with E-state index in [1.165, 1.54) is 18.7 Å². The number of thioether (sulfide) groups is 1. The van der Waals surface area contributed by atoms with Gasteiger partial charge < -0.3 is 14.1 Å². The minimum Gasteiger partial charge on any atom is -0.494 e. The van der Waals surface area contributed by atoms with E-state index < -0.39 is 5.25 Å². The van der Waals surface area contributed by atoms with Crippen LogP contribution in [0.25, 0.3) is 11.5 Å². The second-order valence-electron chi connectivity index (χ2n) is 6.64. The summed E-state index contributed by atoms with van der Waals surface area (Å²) in [7, 11) is 0. The predicted molar refractivity (Wildman–Crippen MR) is 111 cm³/mol. The van der Waals surface area contributed by atoms with Crippen molar-refractivity contribution in [1.29, 1.82) is 0 Å². The quantitative estimate of drug-likeness (QED) is 0.424. The van der Waals surface area contributed by atoms with E-state index in [0.717, 1.165) is 11.3 Å². The van der Waals surface area contributed by atoms with Crippen molar-refractivity contribution in [2.24, 2.45) is 0 Å². The number of aromatic amines is 1. The minimum absolute atomic E-state index is 0.0625. The Balaban J connectivity index is 1.73. The van der Waals surface area contributed by atoms with Crippen molar-refractivity contribution < 1.29 is 18.7 Å². The molecule has 152 valence electrons. The second-order valence-corrected chi connectivity index (χ2v) is 7.93. The highest BCUT2D eigenvalue weighted by Crippen LogP contribution is 2.30. The first-order chi connectivity index (χ1) is 13.8. The molecule has 0 bridgehead atoms. The number of H-pyrrole nitrogens is 1. The number of nitrogens with zero attached hydrogens (tertiary/aromatic N) is 2. The molecule has 0 aliphatic rings. The number of rotatable bonds is 8. The number of Topliss-reactive ketones (excluding diaryl/α,β-unsaturated/α-hetero) is 2. The van der Waals surface area contributed by atoms with Gasteiger partial charge in [0, 0.05) is 16.8 Å². The lowest BCUT2D eigenvalue weighted by Crippen LogP contribution is -2.15. The van der Waals surface area contributed by atoms with E-state index in [0.29, 0.717) is 40.2 Å². The summed E-state index contributed by atoms with van der Waals surface area (Å²) in [4.78, 5) is 27.7. The van der Waals surface area contributed by atoms with Crippen LogP contribution in [0.1, 0.15) is 52.9 Å². The Hall–Kier alpha value is -2.87. The normalized spacial score (nSPS) is 12.0. The average Bonchev–Trinajstić information content (AvgIpc) is 3.26. The first kappa shape index (κ1) is 20.9. The number of hydrogen-bond donors (Lipinski definition) is 1. The number of benzene rings is 1. The van der Waals surface area contributed by atoms with Crippen LogP contribution < -0.4 is 4.74 Å². The van der Waals surface area contributed by atoms with Crippen LogP contribution in [-0.2, 0) is 0 Å². The van der Waals surface area contributed by atoms with Gasteiger partial charge >= 0.3 is 0 Å². The van der Waals surface area contributed by atoms with Gasteiger partial charge in [0.05, 0.1) is 17.6 Å². The largest absolute Gasteiger partial charge is 0.494 e. The molecule has 2 heterocycles.